The van der Waals surface area contributed by atoms with Crippen LogP contribution in [0.5, 0.6) is 0 Å². The van der Waals surface area contributed by atoms with Crippen LogP contribution in [0, 0.1) is 0 Å². The van der Waals surface area contributed by atoms with Gasteiger partial charge in [0.15, 0.2) is 0 Å². The Balaban J connectivity index is 3.78. The largest absolute Gasteiger partial charge is 0.444 e. The van der Waals surface area contributed by atoms with Crippen LogP contribution < -0.4 is 10.6 Å². The fourth-order valence-electron chi connectivity index (χ4n) is 1.01. The van der Waals surface area contributed by atoms with Crippen molar-refractivity contribution < 1.29 is 9.53 Å². The first-order chi connectivity index (χ1) is 7.89. The van der Waals surface area contributed by atoms with E-state index in [1.165, 1.54) is 0 Å². The number of ether oxygens (including phenoxy) is 1. The second kappa shape index (κ2) is 7.54. The molecule has 0 radical (unpaired) electrons. The average Bonchev–Trinajstić information content (AvgIpc) is 2.20. The molecule has 2 N–H and O–H groups in total. The summed E-state index contributed by atoms with van der Waals surface area (Å²) >= 11 is 0. The van der Waals surface area contributed by atoms with Crippen molar-refractivity contribution in [3.63, 3.8) is 0 Å². The van der Waals surface area contributed by atoms with Crippen LogP contribution in [0.4, 0.5) is 4.79 Å². The summed E-state index contributed by atoms with van der Waals surface area (Å²) < 4.78 is 5.09. The van der Waals surface area contributed by atoms with E-state index in [4.69, 9.17) is 4.74 Å². The van der Waals surface area contributed by atoms with Crippen molar-refractivity contribution in [2.24, 2.45) is 0 Å². The highest BCUT2D eigenvalue weighted by atomic mass is 16.6. The molecule has 0 bridgehead atoms. The lowest BCUT2D eigenvalue weighted by atomic mass is 10.2. The van der Waals surface area contributed by atoms with Crippen molar-refractivity contribution in [3.05, 3.63) is 37.1 Å². The first kappa shape index (κ1) is 15.3. The predicted octanol–water partition coefficient (Wildman–Crippen LogP) is 2.36. The molecule has 0 aromatic carbocycles. The SMILES string of the molecule is C=C/C=C(\C=C)NCCNC(=O)OC(C)(C)C. The number of rotatable bonds is 6. The number of carbonyl (C=O) groups is 1. The van der Waals surface area contributed by atoms with Gasteiger partial charge in [0.2, 0.25) is 0 Å². The maximum atomic E-state index is 11.3. The van der Waals surface area contributed by atoms with E-state index in [-0.39, 0.29) is 0 Å². The van der Waals surface area contributed by atoms with Crippen LogP contribution in [-0.2, 0) is 4.74 Å². The third kappa shape index (κ3) is 9.23. The van der Waals surface area contributed by atoms with Gasteiger partial charge in [-0.1, -0.05) is 19.2 Å². The fourth-order valence-corrected chi connectivity index (χ4v) is 1.01. The van der Waals surface area contributed by atoms with Crippen molar-refractivity contribution in [2.45, 2.75) is 26.4 Å². The predicted molar refractivity (Wildman–Crippen MR) is 70.7 cm³/mol. The van der Waals surface area contributed by atoms with Gasteiger partial charge in [0, 0.05) is 18.8 Å². The summed E-state index contributed by atoms with van der Waals surface area (Å²) in [5.41, 5.74) is 0.401. The third-order valence-electron chi connectivity index (χ3n) is 1.64. The highest BCUT2D eigenvalue weighted by molar-refractivity contribution is 5.67. The number of alkyl carbamates (subject to hydrolysis) is 1. The minimum absolute atomic E-state index is 0.410. The Kier molecular flexibility index (Phi) is 6.79. The molecule has 96 valence electrons. The standard InChI is InChI=1S/C13H22N2O2/c1-6-8-11(7-2)14-9-10-15-12(16)17-13(3,4)5/h6-8,14H,1-2,9-10H2,3-5H3,(H,15,16)/b11-8+. The average molecular weight is 238 g/mol. The molecule has 0 heterocycles. The second-order valence-corrected chi connectivity index (χ2v) is 4.42. The molecule has 4 heteroatoms. The highest BCUT2D eigenvalue weighted by Crippen LogP contribution is 2.05. The molecule has 0 aromatic heterocycles. The highest BCUT2D eigenvalue weighted by Gasteiger charge is 2.15. The van der Waals surface area contributed by atoms with Crippen molar-refractivity contribution >= 4 is 6.09 Å². The molecular formula is C13H22N2O2. The number of allylic oxidation sites excluding steroid dienone is 3. The van der Waals surface area contributed by atoms with Crippen molar-refractivity contribution in [3.8, 4) is 0 Å². The summed E-state index contributed by atoms with van der Waals surface area (Å²) in [6, 6.07) is 0. The molecule has 0 fully saturated rings. The molecule has 0 aliphatic carbocycles. The van der Waals surface area contributed by atoms with Gasteiger partial charge in [-0.15, -0.1) is 0 Å². The fraction of sp³-hybridized carbons (Fsp3) is 0.462. The van der Waals surface area contributed by atoms with Gasteiger partial charge in [0.25, 0.3) is 0 Å². The van der Waals surface area contributed by atoms with Gasteiger partial charge in [-0.25, -0.2) is 4.79 Å². The van der Waals surface area contributed by atoms with Crippen LogP contribution in [0.15, 0.2) is 37.1 Å². The minimum atomic E-state index is -0.466. The van der Waals surface area contributed by atoms with E-state index in [0.29, 0.717) is 13.1 Å². The quantitative estimate of drug-likeness (QED) is 0.551. The van der Waals surface area contributed by atoms with Gasteiger partial charge >= 0.3 is 6.09 Å². The smallest absolute Gasteiger partial charge is 0.407 e. The molecule has 4 nitrogen and oxygen atoms in total. The Morgan fingerprint density at radius 3 is 2.29 bits per heavy atom. The molecular weight excluding hydrogens is 216 g/mol. The molecule has 1 amide bonds. The third-order valence-corrected chi connectivity index (χ3v) is 1.64. The van der Waals surface area contributed by atoms with Gasteiger partial charge < -0.3 is 15.4 Å². The lowest BCUT2D eigenvalue weighted by molar-refractivity contribution is 0.0528. The van der Waals surface area contributed by atoms with Crippen molar-refractivity contribution in [2.75, 3.05) is 13.1 Å². The van der Waals surface area contributed by atoms with Crippen LogP contribution in [0.25, 0.3) is 0 Å². The zero-order chi connectivity index (χ0) is 13.3. The topological polar surface area (TPSA) is 50.4 Å². The van der Waals surface area contributed by atoms with Crippen LogP contribution in [-0.4, -0.2) is 24.8 Å². The van der Waals surface area contributed by atoms with Crippen LogP contribution in [0.3, 0.4) is 0 Å². The molecule has 0 unspecified atom stereocenters. The zero-order valence-electron chi connectivity index (χ0n) is 10.9. The van der Waals surface area contributed by atoms with Gasteiger partial charge in [-0.3, -0.25) is 0 Å². The first-order valence-corrected chi connectivity index (χ1v) is 5.55. The van der Waals surface area contributed by atoms with Crippen LogP contribution >= 0.6 is 0 Å². The molecule has 0 aliphatic rings. The Morgan fingerprint density at radius 2 is 1.82 bits per heavy atom. The van der Waals surface area contributed by atoms with Crippen molar-refractivity contribution in [1.29, 1.82) is 0 Å². The molecule has 0 aliphatic heterocycles. The van der Waals surface area contributed by atoms with E-state index in [1.54, 1.807) is 18.2 Å². The number of hydrogen-bond acceptors (Lipinski definition) is 3. The summed E-state index contributed by atoms with van der Waals surface area (Å²) in [5, 5.41) is 5.74. The van der Waals surface area contributed by atoms with E-state index in [2.05, 4.69) is 23.8 Å². The summed E-state index contributed by atoms with van der Waals surface area (Å²) in [5.74, 6) is 0. The zero-order valence-corrected chi connectivity index (χ0v) is 10.9. The summed E-state index contributed by atoms with van der Waals surface area (Å²) in [6.07, 6.45) is 4.76. The monoisotopic (exact) mass is 238 g/mol. The van der Waals surface area contributed by atoms with Crippen molar-refractivity contribution in [1.82, 2.24) is 10.6 Å². The summed E-state index contributed by atoms with van der Waals surface area (Å²) in [4.78, 5) is 11.3. The summed E-state index contributed by atoms with van der Waals surface area (Å²) in [7, 11) is 0. The van der Waals surface area contributed by atoms with Gasteiger partial charge in [-0.05, 0) is 32.9 Å². The normalized spacial score (nSPS) is 11.6. The molecule has 17 heavy (non-hydrogen) atoms. The molecule has 0 saturated carbocycles. The second-order valence-electron chi connectivity index (χ2n) is 4.42. The van der Waals surface area contributed by atoms with E-state index in [9.17, 15) is 4.79 Å². The molecule has 0 spiro atoms. The van der Waals surface area contributed by atoms with E-state index in [0.717, 1.165) is 5.70 Å². The minimum Gasteiger partial charge on any atom is -0.444 e. The van der Waals surface area contributed by atoms with Crippen LogP contribution in [0.1, 0.15) is 20.8 Å². The van der Waals surface area contributed by atoms with Gasteiger partial charge in [0.1, 0.15) is 5.60 Å². The van der Waals surface area contributed by atoms with E-state index < -0.39 is 11.7 Å². The van der Waals surface area contributed by atoms with Gasteiger partial charge in [0.05, 0.1) is 0 Å². The molecule has 0 rings (SSSR count). The van der Waals surface area contributed by atoms with E-state index >= 15 is 0 Å². The summed E-state index contributed by atoms with van der Waals surface area (Å²) in [6.45, 7) is 13.8. The molecule has 0 saturated heterocycles. The first-order valence-electron chi connectivity index (χ1n) is 5.55. The Hall–Kier alpha value is -1.71. The van der Waals surface area contributed by atoms with E-state index in [1.807, 2.05) is 20.8 Å². The number of nitrogens with one attached hydrogen (secondary N) is 2. The van der Waals surface area contributed by atoms with Crippen LogP contribution in [0.2, 0.25) is 0 Å². The number of hydrogen-bond donors (Lipinski definition) is 2. The maximum Gasteiger partial charge on any atom is 0.407 e. The molecule has 0 aromatic rings. The van der Waals surface area contributed by atoms with Gasteiger partial charge in [-0.2, -0.15) is 0 Å². The molecule has 0 atom stereocenters. The Bertz CT molecular complexity index is 301. The Labute approximate surface area is 103 Å². The lowest BCUT2D eigenvalue weighted by Gasteiger charge is -2.19. The maximum absolute atomic E-state index is 11.3. The number of amides is 1. The Morgan fingerprint density at radius 1 is 1.24 bits per heavy atom. The number of carbonyl (C=O) groups excluding carboxylic acids is 1. The lowest BCUT2D eigenvalue weighted by Crippen LogP contribution is -2.36.